The number of anilines is 1. The number of alkyl halides is 2. The number of halogens is 3. The molecule has 9 heteroatoms. The maximum absolute atomic E-state index is 12.7. The van der Waals surface area contributed by atoms with E-state index < -0.39 is 12.1 Å². The summed E-state index contributed by atoms with van der Waals surface area (Å²) in [5.74, 6) is -0.0354. The Morgan fingerprint density at radius 1 is 1.56 bits per heavy atom. The summed E-state index contributed by atoms with van der Waals surface area (Å²) in [4.78, 5) is 0. The van der Waals surface area contributed by atoms with E-state index in [2.05, 4.69) is 10.2 Å². The third-order valence-electron chi connectivity index (χ3n) is 2.35. The van der Waals surface area contributed by atoms with Crippen molar-refractivity contribution in [3.63, 3.8) is 0 Å². The van der Waals surface area contributed by atoms with Gasteiger partial charge >= 0.3 is 0 Å². The van der Waals surface area contributed by atoms with Gasteiger partial charge < -0.3 is 5.73 Å². The normalized spacial score (nSPS) is 10.9. The largest absolute Gasteiger partial charge is 0.382 e. The molecule has 2 heterocycles. The fourth-order valence-corrected chi connectivity index (χ4v) is 1.80. The Hall–Kier alpha value is -2.14. The lowest BCUT2D eigenvalue weighted by molar-refractivity contribution is 0.141. The summed E-state index contributed by atoms with van der Waals surface area (Å²) in [5.41, 5.74) is 5.32. The maximum atomic E-state index is 12.7. The lowest BCUT2D eigenvalue weighted by atomic mass is 10.3. The molecule has 0 aliphatic rings. The quantitative estimate of drug-likeness (QED) is 0.901. The number of rotatable bonds is 2. The topological polar surface area (TPSA) is 85.5 Å². The number of aromatic nitrogens is 4. The zero-order chi connectivity index (χ0) is 13.4. The second kappa shape index (κ2) is 4.27. The van der Waals surface area contributed by atoms with Gasteiger partial charge in [-0.2, -0.15) is 20.1 Å². The molecule has 0 aliphatic carbocycles. The Morgan fingerprint density at radius 3 is 2.67 bits per heavy atom. The minimum Gasteiger partial charge on any atom is -0.382 e. The van der Waals surface area contributed by atoms with Gasteiger partial charge in [0, 0.05) is 7.05 Å². The molecule has 94 valence electrons. The predicted octanol–water partition coefficient (Wildman–Crippen LogP) is 1.65. The van der Waals surface area contributed by atoms with Crippen molar-refractivity contribution in [1.29, 1.82) is 5.26 Å². The highest BCUT2D eigenvalue weighted by molar-refractivity contribution is 6.33. The average Bonchev–Trinajstić information content (AvgIpc) is 2.79. The van der Waals surface area contributed by atoms with E-state index in [1.165, 1.54) is 13.2 Å². The zero-order valence-corrected chi connectivity index (χ0v) is 9.86. The zero-order valence-electron chi connectivity index (χ0n) is 9.10. The maximum Gasteiger partial charge on any atom is 0.281 e. The molecule has 0 aromatic carbocycles. The van der Waals surface area contributed by atoms with Crippen LogP contribution in [0, 0.1) is 11.3 Å². The van der Waals surface area contributed by atoms with E-state index in [1.807, 2.05) is 6.07 Å². The summed E-state index contributed by atoms with van der Waals surface area (Å²) in [6.07, 6.45) is -1.56. The van der Waals surface area contributed by atoms with Crippen LogP contribution in [-0.2, 0) is 7.05 Å². The highest BCUT2D eigenvalue weighted by atomic mass is 35.5. The van der Waals surface area contributed by atoms with Crippen LogP contribution in [0.1, 0.15) is 17.7 Å². The first-order valence-corrected chi connectivity index (χ1v) is 5.09. The van der Waals surface area contributed by atoms with Gasteiger partial charge in [-0.1, -0.05) is 11.6 Å². The third-order valence-corrected chi connectivity index (χ3v) is 2.71. The monoisotopic (exact) mass is 272 g/mol. The molecule has 6 nitrogen and oxygen atoms in total. The molecule has 0 amide bonds. The van der Waals surface area contributed by atoms with E-state index in [-0.39, 0.29) is 22.2 Å². The smallest absolute Gasteiger partial charge is 0.281 e. The summed E-state index contributed by atoms with van der Waals surface area (Å²) in [6, 6.07) is 1.81. The highest BCUT2D eigenvalue weighted by Gasteiger charge is 2.24. The van der Waals surface area contributed by atoms with Crippen LogP contribution in [0.2, 0.25) is 5.02 Å². The molecule has 0 fully saturated rings. The summed E-state index contributed by atoms with van der Waals surface area (Å²) in [6.45, 7) is 0. The Labute approximate surface area is 105 Å². The van der Waals surface area contributed by atoms with Gasteiger partial charge in [0.1, 0.15) is 28.2 Å². The molecular formula is C9H7ClF2N6. The first-order chi connectivity index (χ1) is 8.47. The molecule has 0 atom stereocenters. The molecule has 0 unspecified atom stereocenters. The van der Waals surface area contributed by atoms with Crippen LogP contribution in [0.4, 0.5) is 14.6 Å². The molecule has 18 heavy (non-hydrogen) atoms. The number of aryl methyl sites for hydroxylation is 1. The van der Waals surface area contributed by atoms with Gasteiger partial charge in [-0.3, -0.25) is 4.68 Å². The van der Waals surface area contributed by atoms with E-state index >= 15 is 0 Å². The Morgan fingerprint density at radius 2 is 2.22 bits per heavy atom. The Balaban J connectivity index is 2.62. The van der Waals surface area contributed by atoms with Crippen LogP contribution in [0.3, 0.4) is 0 Å². The highest BCUT2D eigenvalue weighted by Crippen LogP contribution is 2.32. The van der Waals surface area contributed by atoms with Crippen molar-refractivity contribution in [1.82, 2.24) is 19.6 Å². The minimum absolute atomic E-state index is 0.00156. The fraction of sp³-hybridized carbons (Fsp3) is 0.222. The molecule has 2 rings (SSSR count). The summed E-state index contributed by atoms with van der Waals surface area (Å²) in [7, 11) is 1.34. The fourth-order valence-electron chi connectivity index (χ4n) is 1.48. The summed E-state index contributed by atoms with van der Waals surface area (Å²) < 4.78 is 27.5. The molecule has 2 aromatic heterocycles. The lowest BCUT2D eigenvalue weighted by Gasteiger charge is -2.00. The Bertz CT molecular complexity index is 638. The molecular weight excluding hydrogens is 266 g/mol. The van der Waals surface area contributed by atoms with Gasteiger partial charge in [-0.15, -0.1) is 0 Å². The van der Waals surface area contributed by atoms with Gasteiger partial charge in [-0.05, 0) is 0 Å². The molecule has 0 radical (unpaired) electrons. The average molecular weight is 273 g/mol. The van der Waals surface area contributed by atoms with Crippen molar-refractivity contribution in [2.75, 3.05) is 5.73 Å². The number of nitrogen functional groups attached to an aromatic ring is 1. The second-order valence-corrected chi connectivity index (χ2v) is 3.79. The lowest BCUT2D eigenvalue weighted by Crippen LogP contribution is -2.04. The SMILES string of the molecule is Cn1nc(-n2ncc(C#N)c2N)c(Cl)c1C(F)F. The van der Waals surface area contributed by atoms with Gasteiger partial charge in [0.2, 0.25) is 0 Å². The van der Waals surface area contributed by atoms with E-state index in [0.717, 1.165) is 9.36 Å². The number of nitrogens with zero attached hydrogens (tertiary/aromatic N) is 5. The first kappa shape index (κ1) is 12.3. The standard InChI is InChI=1S/C9H7ClF2N6/c1-17-6(7(11)12)5(10)9(16-17)18-8(14)4(2-13)3-15-18/h3,7H,14H2,1H3. The van der Waals surface area contributed by atoms with Crippen LogP contribution < -0.4 is 5.73 Å². The minimum atomic E-state index is -2.77. The Kier molecular flexibility index (Phi) is 2.92. The van der Waals surface area contributed by atoms with Crippen LogP contribution >= 0.6 is 11.6 Å². The van der Waals surface area contributed by atoms with E-state index in [0.29, 0.717) is 0 Å². The van der Waals surface area contributed by atoms with Crippen LogP contribution in [0.15, 0.2) is 6.20 Å². The number of nitriles is 1. The van der Waals surface area contributed by atoms with Crippen molar-refractivity contribution < 1.29 is 8.78 Å². The van der Waals surface area contributed by atoms with Crippen LogP contribution in [0.5, 0.6) is 0 Å². The summed E-state index contributed by atoms with van der Waals surface area (Å²) in [5, 5.41) is 16.1. The van der Waals surface area contributed by atoms with Crippen molar-refractivity contribution in [2.24, 2.45) is 7.05 Å². The number of hydrogen-bond acceptors (Lipinski definition) is 4. The summed E-state index contributed by atoms with van der Waals surface area (Å²) >= 11 is 5.82. The van der Waals surface area contributed by atoms with Gasteiger partial charge in [0.25, 0.3) is 6.43 Å². The van der Waals surface area contributed by atoms with Crippen LogP contribution in [-0.4, -0.2) is 19.6 Å². The number of hydrogen-bond donors (Lipinski definition) is 1. The second-order valence-electron chi connectivity index (χ2n) is 3.41. The molecule has 2 aromatic rings. The third kappa shape index (κ3) is 1.69. The van der Waals surface area contributed by atoms with Crippen LogP contribution in [0.25, 0.3) is 5.82 Å². The van der Waals surface area contributed by atoms with Crippen molar-refractivity contribution in [3.05, 3.63) is 22.5 Å². The molecule has 0 saturated carbocycles. The van der Waals surface area contributed by atoms with E-state index in [1.54, 1.807) is 0 Å². The van der Waals surface area contributed by atoms with E-state index in [9.17, 15) is 8.78 Å². The van der Waals surface area contributed by atoms with Gasteiger partial charge in [-0.25, -0.2) is 8.78 Å². The van der Waals surface area contributed by atoms with Gasteiger partial charge in [0.15, 0.2) is 5.82 Å². The molecule has 0 spiro atoms. The van der Waals surface area contributed by atoms with Crippen molar-refractivity contribution in [2.45, 2.75) is 6.43 Å². The van der Waals surface area contributed by atoms with Gasteiger partial charge in [0.05, 0.1) is 6.20 Å². The molecule has 2 N–H and O–H groups in total. The molecule has 0 aliphatic heterocycles. The predicted molar refractivity (Wildman–Crippen MR) is 59.4 cm³/mol. The number of nitrogens with two attached hydrogens (primary N) is 1. The van der Waals surface area contributed by atoms with Crippen molar-refractivity contribution in [3.8, 4) is 11.9 Å². The van der Waals surface area contributed by atoms with Crippen molar-refractivity contribution >= 4 is 17.4 Å². The molecule has 0 bridgehead atoms. The van der Waals surface area contributed by atoms with E-state index in [4.69, 9.17) is 22.6 Å². The first-order valence-electron chi connectivity index (χ1n) is 4.71. The molecule has 0 saturated heterocycles.